The summed E-state index contributed by atoms with van der Waals surface area (Å²) in [6, 6.07) is 6.32. The Morgan fingerprint density at radius 2 is 1.75 bits per heavy atom. The highest BCUT2D eigenvalue weighted by atomic mass is 35.5. The molecule has 0 bridgehead atoms. The molecular weight excluding hydrogens is 220 g/mol. The maximum Gasteiger partial charge on any atom is 0.119 e. The lowest BCUT2D eigenvalue weighted by Gasteiger charge is -2.11. The molecule has 0 aliphatic rings. The first kappa shape index (κ1) is 13.4. The SMILES string of the molecule is Cc1cc(C)cc(OCCC(C)CCCl)c1. The van der Waals surface area contributed by atoms with Gasteiger partial charge in [-0.1, -0.05) is 13.0 Å². The van der Waals surface area contributed by atoms with Gasteiger partial charge in [-0.15, -0.1) is 11.6 Å². The van der Waals surface area contributed by atoms with Crippen LogP contribution in [-0.4, -0.2) is 12.5 Å². The number of alkyl halides is 1. The zero-order valence-electron chi connectivity index (χ0n) is 10.4. The molecule has 0 amide bonds. The molecule has 0 saturated carbocycles. The smallest absolute Gasteiger partial charge is 0.119 e. The van der Waals surface area contributed by atoms with Crippen LogP contribution in [-0.2, 0) is 0 Å². The first-order valence-electron chi connectivity index (χ1n) is 5.89. The van der Waals surface area contributed by atoms with E-state index in [9.17, 15) is 0 Å². The molecule has 0 N–H and O–H groups in total. The van der Waals surface area contributed by atoms with E-state index in [-0.39, 0.29) is 0 Å². The molecule has 1 aromatic rings. The Labute approximate surface area is 104 Å². The van der Waals surface area contributed by atoms with Gasteiger partial charge in [0.2, 0.25) is 0 Å². The molecule has 0 spiro atoms. The lowest BCUT2D eigenvalue weighted by atomic mass is 10.1. The second kappa shape index (κ2) is 6.80. The molecule has 0 fully saturated rings. The summed E-state index contributed by atoms with van der Waals surface area (Å²) in [6.45, 7) is 7.18. The number of halogens is 1. The molecule has 0 radical (unpaired) electrons. The third-order valence-corrected chi connectivity index (χ3v) is 2.89. The van der Waals surface area contributed by atoms with Crippen molar-refractivity contribution in [2.75, 3.05) is 12.5 Å². The van der Waals surface area contributed by atoms with E-state index in [2.05, 4.69) is 39.0 Å². The molecule has 0 aliphatic heterocycles. The summed E-state index contributed by atoms with van der Waals surface area (Å²) in [5.74, 6) is 2.36. The van der Waals surface area contributed by atoms with Crippen LogP contribution in [0.2, 0.25) is 0 Å². The number of rotatable bonds is 6. The van der Waals surface area contributed by atoms with Crippen molar-refractivity contribution in [2.24, 2.45) is 5.92 Å². The van der Waals surface area contributed by atoms with Gasteiger partial charge in [0, 0.05) is 5.88 Å². The average molecular weight is 241 g/mol. The van der Waals surface area contributed by atoms with Crippen LogP contribution in [0.15, 0.2) is 18.2 Å². The summed E-state index contributed by atoms with van der Waals surface area (Å²) in [5.41, 5.74) is 2.51. The van der Waals surface area contributed by atoms with Crippen LogP contribution in [0, 0.1) is 19.8 Å². The zero-order chi connectivity index (χ0) is 12.0. The molecule has 1 atom stereocenters. The van der Waals surface area contributed by atoms with E-state index in [1.807, 2.05) is 0 Å². The van der Waals surface area contributed by atoms with Gasteiger partial charge in [0.15, 0.2) is 0 Å². The number of hydrogen-bond acceptors (Lipinski definition) is 1. The molecule has 1 nitrogen and oxygen atoms in total. The summed E-state index contributed by atoms with van der Waals surface area (Å²) in [4.78, 5) is 0. The summed E-state index contributed by atoms with van der Waals surface area (Å²) in [5, 5.41) is 0. The molecule has 90 valence electrons. The van der Waals surface area contributed by atoms with Crippen molar-refractivity contribution in [1.29, 1.82) is 0 Å². The fourth-order valence-corrected chi connectivity index (χ4v) is 2.10. The minimum Gasteiger partial charge on any atom is -0.494 e. The molecule has 1 aromatic carbocycles. The summed E-state index contributed by atoms with van der Waals surface area (Å²) in [6.07, 6.45) is 2.14. The van der Waals surface area contributed by atoms with Gasteiger partial charge in [-0.05, 0) is 55.9 Å². The molecule has 2 heteroatoms. The van der Waals surface area contributed by atoms with Crippen molar-refractivity contribution in [3.8, 4) is 5.75 Å². The minimum atomic E-state index is 0.642. The van der Waals surface area contributed by atoms with E-state index in [0.29, 0.717) is 5.92 Å². The van der Waals surface area contributed by atoms with Gasteiger partial charge in [0.1, 0.15) is 5.75 Å². The summed E-state index contributed by atoms with van der Waals surface area (Å²) in [7, 11) is 0. The average Bonchev–Trinajstić information content (AvgIpc) is 2.16. The number of benzene rings is 1. The second-order valence-corrected chi connectivity index (χ2v) is 4.92. The molecule has 0 aliphatic carbocycles. The number of hydrogen-bond donors (Lipinski definition) is 0. The quantitative estimate of drug-likeness (QED) is 0.673. The summed E-state index contributed by atoms with van der Waals surface area (Å²) < 4.78 is 5.74. The summed E-state index contributed by atoms with van der Waals surface area (Å²) >= 11 is 5.69. The highest BCUT2D eigenvalue weighted by Crippen LogP contribution is 2.17. The van der Waals surface area contributed by atoms with E-state index in [1.54, 1.807) is 0 Å². The van der Waals surface area contributed by atoms with Crippen molar-refractivity contribution >= 4 is 11.6 Å². The fraction of sp³-hybridized carbons (Fsp3) is 0.571. The maximum atomic E-state index is 5.74. The van der Waals surface area contributed by atoms with Crippen LogP contribution in [0.1, 0.15) is 30.9 Å². The lowest BCUT2D eigenvalue weighted by Crippen LogP contribution is -2.05. The lowest BCUT2D eigenvalue weighted by molar-refractivity contribution is 0.282. The maximum absolute atomic E-state index is 5.74. The third-order valence-electron chi connectivity index (χ3n) is 2.68. The topological polar surface area (TPSA) is 9.23 Å². The van der Waals surface area contributed by atoms with Crippen LogP contribution in [0.3, 0.4) is 0 Å². The predicted octanol–water partition coefficient (Wildman–Crippen LogP) is 4.34. The van der Waals surface area contributed by atoms with E-state index in [4.69, 9.17) is 16.3 Å². The Morgan fingerprint density at radius 3 is 2.31 bits per heavy atom. The highest BCUT2D eigenvalue weighted by molar-refractivity contribution is 6.17. The van der Waals surface area contributed by atoms with Gasteiger partial charge in [0.05, 0.1) is 6.61 Å². The van der Waals surface area contributed by atoms with Gasteiger partial charge in [-0.2, -0.15) is 0 Å². The Bertz CT molecular complexity index is 302. The van der Waals surface area contributed by atoms with E-state index >= 15 is 0 Å². The molecular formula is C14H21ClO. The standard InChI is InChI=1S/C14H21ClO/c1-11(4-6-15)5-7-16-14-9-12(2)8-13(3)10-14/h8-11H,4-7H2,1-3H3. The van der Waals surface area contributed by atoms with Crippen molar-refractivity contribution in [2.45, 2.75) is 33.6 Å². The Morgan fingerprint density at radius 1 is 1.12 bits per heavy atom. The Kier molecular flexibility index (Phi) is 5.68. The van der Waals surface area contributed by atoms with Crippen molar-refractivity contribution in [3.63, 3.8) is 0 Å². The minimum absolute atomic E-state index is 0.642. The first-order chi connectivity index (χ1) is 7.61. The van der Waals surface area contributed by atoms with Gasteiger partial charge >= 0.3 is 0 Å². The van der Waals surface area contributed by atoms with E-state index in [1.165, 1.54) is 11.1 Å². The molecule has 1 unspecified atom stereocenters. The fourth-order valence-electron chi connectivity index (χ4n) is 1.72. The predicted molar refractivity (Wildman–Crippen MR) is 70.5 cm³/mol. The van der Waals surface area contributed by atoms with Gasteiger partial charge in [0.25, 0.3) is 0 Å². The second-order valence-electron chi connectivity index (χ2n) is 4.54. The number of ether oxygens (including phenoxy) is 1. The van der Waals surface area contributed by atoms with Crippen molar-refractivity contribution in [3.05, 3.63) is 29.3 Å². The van der Waals surface area contributed by atoms with Crippen LogP contribution < -0.4 is 4.74 Å². The highest BCUT2D eigenvalue weighted by Gasteiger charge is 2.02. The molecule has 0 aromatic heterocycles. The van der Waals surface area contributed by atoms with Gasteiger partial charge < -0.3 is 4.74 Å². The number of aryl methyl sites for hydroxylation is 2. The first-order valence-corrected chi connectivity index (χ1v) is 6.42. The van der Waals surface area contributed by atoms with Crippen molar-refractivity contribution < 1.29 is 4.74 Å². The van der Waals surface area contributed by atoms with Crippen LogP contribution in [0.5, 0.6) is 5.75 Å². The van der Waals surface area contributed by atoms with Gasteiger partial charge in [-0.3, -0.25) is 0 Å². The van der Waals surface area contributed by atoms with Crippen LogP contribution >= 0.6 is 11.6 Å². The normalized spacial score (nSPS) is 12.5. The van der Waals surface area contributed by atoms with Gasteiger partial charge in [-0.25, -0.2) is 0 Å². The molecule has 0 saturated heterocycles. The van der Waals surface area contributed by atoms with E-state index < -0.39 is 0 Å². The molecule has 0 heterocycles. The van der Waals surface area contributed by atoms with Crippen LogP contribution in [0.4, 0.5) is 0 Å². The zero-order valence-corrected chi connectivity index (χ0v) is 11.2. The van der Waals surface area contributed by atoms with E-state index in [0.717, 1.165) is 31.1 Å². The Balaban J connectivity index is 2.37. The molecule has 16 heavy (non-hydrogen) atoms. The van der Waals surface area contributed by atoms with Crippen molar-refractivity contribution in [1.82, 2.24) is 0 Å². The largest absolute Gasteiger partial charge is 0.494 e. The van der Waals surface area contributed by atoms with Crippen LogP contribution in [0.25, 0.3) is 0 Å². The Hall–Kier alpha value is -0.690. The third kappa shape index (κ3) is 4.89. The monoisotopic (exact) mass is 240 g/mol. The molecule has 1 rings (SSSR count).